The number of rotatable bonds is 7. The van der Waals surface area contributed by atoms with E-state index in [-0.39, 0.29) is 17.5 Å². The predicted octanol–water partition coefficient (Wildman–Crippen LogP) is 1.19. The van der Waals surface area contributed by atoms with Gasteiger partial charge in [-0.2, -0.15) is 0 Å². The van der Waals surface area contributed by atoms with E-state index in [2.05, 4.69) is 15.3 Å². The third kappa shape index (κ3) is 4.77. The second kappa shape index (κ2) is 8.71. The molecule has 8 nitrogen and oxygen atoms in total. The Bertz CT molecular complexity index is 916. The first kappa shape index (κ1) is 19.6. The lowest BCUT2D eigenvalue weighted by Gasteiger charge is -2.39. The van der Waals surface area contributed by atoms with Gasteiger partial charge in [0, 0.05) is 49.7 Å². The normalized spacial score (nSPS) is 14.4. The minimum absolute atomic E-state index is 0.0110. The third-order valence-electron chi connectivity index (χ3n) is 4.45. The summed E-state index contributed by atoms with van der Waals surface area (Å²) < 4.78 is 5.22. The molecule has 1 aliphatic rings. The number of methoxy groups -OCH3 is 1. The van der Waals surface area contributed by atoms with Gasteiger partial charge in [-0.3, -0.25) is 14.6 Å². The predicted molar refractivity (Wildman–Crippen MR) is 109 cm³/mol. The van der Waals surface area contributed by atoms with Gasteiger partial charge in [-0.25, -0.2) is 0 Å². The van der Waals surface area contributed by atoms with Gasteiger partial charge < -0.3 is 24.8 Å². The molecule has 1 aliphatic heterocycles. The van der Waals surface area contributed by atoms with E-state index in [1.807, 2.05) is 25.1 Å². The zero-order chi connectivity index (χ0) is 20.1. The Morgan fingerprint density at radius 2 is 2.21 bits per heavy atom. The number of ether oxygens (including phenoxy) is 1. The maximum Gasteiger partial charge on any atom is 0.271 e. The number of carbonyl (C=O) groups excluding carboxylic acids is 1. The maximum absolute atomic E-state index is 12.2. The molecule has 0 saturated carbocycles. The minimum atomic E-state index is -0.206. The average molecular weight is 383 g/mol. The van der Waals surface area contributed by atoms with Crippen molar-refractivity contribution in [3.63, 3.8) is 0 Å². The van der Waals surface area contributed by atoms with Crippen LogP contribution in [0.4, 0.5) is 5.69 Å². The number of carbonyl (C=O) groups is 1. The van der Waals surface area contributed by atoms with Crippen molar-refractivity contribution in [2.24, 2.45) is 0 Å². The minimum Gasteiger partial charge on any atom is -0.497 e. The molecular formula is C20H25N5O3. The van der Waals surface area contributed by atoms with E-state index in [1.54, 1.807) is 48.7 Å². The molecule has 2 aromatic rings. The molecule has 148 valence electrons. The topological polar surface area (TPSA) is 90.6 Å². The summed E-state index contributed by atoms with van der Waals surface area (Å²) in [6.45, 7) is 1.85. The molecule has 2 aromatic heterocycles. The van der Waals surface area contributed by atoms with Gasteiger partial charge in [0.15, 0.2) is 0 Å². The Balaban J connectivity index is 1.62. The zero-order valence-electron chi connectivity index (χ0n) is 16.3. The number of nitrogens with one attached hydrogen (secondary N) is 2. The largest absolute Gasteiger partial charge is 0.497 e. The summed E-state index contributed by atoms with van der Waals surface area (Å²) >= 11 is 0. The van der Waals surface area contributed by atoms with E-state index in [4.69, 9.17) is 4.74 Å². The second-order valence-electron chi connectivity index (χ2n) is 6.96. The van der Waals surface area contributed by atoms with Gasteiger partial charge in [-0.15, -0.1) is 0 Å². The van der Waals surface area contributed by atoms with Crippen molar-refractivity contribution in [3.8, 4) is 17.0 Å². The van der Waals surface area contributed by atoms with Crippen molar-refractivity contribution in [1.82, 2.24) is 19.8 Å². The summed E-state index contributed by atoms with van der Waals surface area (Å²) in [6, 6.07) is 5.38. The number of likely N-dealkylation sites (tertiary alicyclic amines) is 1. The number of H-pyrrole nitrogens is 1. The quantitative estimate of drug-likeness (QED) is 0.698. The second-order valence-corrected chi connectivity index (χ2v) is 6.96. The molecular weight excluding hydrogens is 358 g/mol. The van der Waals surface area contributed by atoms with Crippen LogP contribution in [0.15, 0.2) is 47.5 Å². The zero-order valence-corrected chi connectivity index (χ0v) is 16.3. The molecule has 0 radical (unpaired) electrons. The van der Waals surface area contributed by atoms with Gasteiger partial charge in [-0.1, -0.05) is 6.08 Å². The number of aromatic nitrogens is 2. The maximum atomic E-state index is 12.2. The van der Waals surface area contributed by atoms with E-state index in [1.165, 1.54) is 0 Å². The highest BCUT2D eigenvalue weighted by molar-refractivity contribution is 5.88. The molecule has 0 bridgehead atoms. The van der Waals surface area contributed by atoms with Crippen LogP contribution in [0, 0.1) is 0 Å². The molecule has 2 N–H and O–H groups in total. The first-order valence-electron chi connectivity index (χ1n) is 9.06. The fraction of sp³-hybridized carbons (Fsp3) is 0.350. The number of nitrogens with zero attached hydrogens (tertiary/aromatic N) is 3. The van der Waals surface area contributed by atoms with Gasteiger partial charge in [-0.05, 0) is 26.2 Å². The summed E-state index contributed by atoms with van der Waals surface area (Å²) in [5.41, 5.74) is 1.74. The van der Waals surface area contributed by atoms with Crippen LogP contribution in [0.2, 0.25) is 0 Å². The molecule has 0 unspecified atom stereocenters. The monoisotopic (exact) mass is 383 g/mol. The highest BCUT2D eigenvalue weighted by Crippen LogP contribution is 2.22. The van der Waals surface area contributed by atoms with Crippen LogP contribution in [-0.4, -0.2) is 72.6 Å². The van der Waals surface area contributed by atoms with Gasteiger partial charge in [0.25, 0.3) is 5.56 Å². The Kier molecular flexibility index (Phi) is 6.10. The number of hydrogen-bond donors (Lipinski definition) is 2. The molecule has 3 heterocycles. The number of hydrogen-bond acceptors (Lipinski definition) is 6. The molecule has 0 aliphatic carbocycles. The molecule has 28 heavy (non-hydrogen) atoms. The van der Waals surface area contributed by atoms with Crippen molar-refractivity contribution in [2.45, 2.75) is 6.04 Å². The molecule has 1 fully saturated rings. The molecule has 3 rings (SSSR count). The fourth-order valence-corrected chi connectivity index (χ4v) is 2.87. The van der Waals surface area contributed by atoms with E-state index < -0.39 is 0 Å². The van der Waals surface area contributed by atoms with Crippen LogP contribution in [-0.2, 0) is 4.79 Å². The Labute approximate surface area is 163 Å². The van der Waals surface area contributed by atoms with Crippen molar-refractivity contribution in [2.75, 3.05) is 46.2 Å². The lowest BCUT2D eigenvalue weighted by atomic mass is 10.1. The Morgan fingerprint density at radius 1 is 1.43 bits per heavy atom. The van der Waals surface area contributed by atoms with Gasteiger partial charge in [0.1, 0.15) is 11.4 Å². The van der Waals surface area contributed by atoms with Crippen molar-refractivity contribution < 1.29 is 9.53 Å². The summed E-state index contributed by atoms with van der Waals surface area (Å²) in [5.74, 6) is 0.685. The van der Waals surface area contributed by atoms with Crippen LogP contribution in [0.3, 0.4) is 0 Å². The van der Waals surface area contributed by atoms with Crippen LogP contribution >= 0.6 is 0 Å². The van der Waals surface area contributed by atoms with Crippen molar-refractivity contribution in [1.29, 1.82) is 0 Å². The first-order chi connectivity index (χ1) is 13.5. The van der Waals surface area contributed by atoms with Crippen LogP contribution < -0.4 is 15.6 Å². The van der Waals surface area contributed by atoms with E-state index in [0.29, 0.717) is 30.2 Å². The molecule has 0 aromatic carbocycles. The Morgan fingerprint density at radius 3 is 2.93 bits per heavy atom. The third-order valence-corrected chi connectivity index (χ3v) is 4.45. The number of amides is 1. The van der Waals surface area contributed by atoms with Crippen molar-refractivity contribution >= 4 is 11.6 Å². The van der Waals surface area contributed by atoms with Crippen LogP contribution in [0.5, 0.6) is 5.75 Å². The molecule has 8 heteroatoms. The fourth-order valence-electron chi connectivity index (χ4n) is 2.87. The number of pyridine rings is 2. The number of aromatic amines is 1. The summed E-state index contributed by atoms with van der Waals surface area (Å²) in [5, 5.41) is 3.22. The standard InChI is InChI=1S/C20H25N5O3/c1-24(2)8-4-5-19(26)25-12-15(13-25)23-18-9-14(11-22-20(18)27)17-10-16(28-3)6-7-21-17/h4-7,9-11,15,23H,8,12-13H2,1-3H3,(H,22,27). The van der Waals surface area contributed by atoms with Crippen LogP contribution in [0.25, 0.3) is 11.3 Å². The average Bonchev–Trinajstić information content (AvgIpc) is 2.65. The van der Waals surface area contributed by atoms with Gasteiger partial charge in [0.05, 0.1) is 18.8 Å². The SMILES string of the molecule is COc1ccnc(-c2c[nH]c(=O)c(NC3CN(C(=O)C=CCN(C)C)C3)c2)c1. The molecule has 1 amide bonds. The van der Waals surface area contributed by atoms with E-state index >= 15 is 0 Å². The summed E-state index contributed by atoms with van der Waals surface area (Å²) in [6.07, 6.45) is 6.73. The summed E-state index contributed by atoms with van der Waals surface area (Å²) in [4.78, 5) is 35.0. The van der Waals surface area contributed by atoms with Crippen LogP contribution in [0.1, 0.15) is 0 Å². The van der Waals surface area contributed by atoms with E-state index in [9.17, 15) is 9.59 Å². The van der Waals surface area contributed by atoms with Gasteiger partial charge in [0.2, 0.25) is 5.91 Å². The highest BCUT2D eigenvalue weighted by atomic mass is 16.5. The van der Waals surface area contributed by atoms with E-state index in [0.717, 1.165) is 12.1 Å². The van der Waals surface area contributed by atoms with Crippen molar-refractivity contribution in [3.05, 3.63) is 53.1 Å². The number of anilines is 1. The Hall–Kier alpha value is -3.13. The molecule has 0 atom stereocenters. The lowest BCUT2D eigenvalue weighted by Crippen LogP contribution is -2.57. The number of likely N-dealkylation sites (N-methyl/N-ethyl adjacent to an activating group) is 1. The molecule has 0 spiro atoms. The molecule has 1 saturated heterocycles. The first-order valence-corrected chi connectivity index (χ1v) is 9.06. The lowest BCUT2D eigenvalue weighted by molar-refractivity contribution is -0.129. The van der Waals surface area contributed by atoms with Gasteiger partial charge >= 0.3 is 0 Å². The highest BCUT2D eigenvalue weighted by Gasteiger charge is 2.29. The summed E-state index contributed by atoms with van der Waals surface area (Å²) in [7, 11) is 5.49. The smallest absolute Gasteiger partial charge is 0.271 e.